The van der Waals surface area contributed by atoms with E-state index in [1.54, 1.807) is 40.7 Å². The van der Waals surface area contributed by atoms with E-state index in [1.807, 2.05) is 30.3 Å². The Bertz CT molecular complexity index is 1160. The van der Waals surface area contributed by atoms with Crippen LogP contribution in [0.3, 0.4) is 0 Å². The first-order chi connectivity index (χ1) is 13.0. The van der Waals surface area contributed by atoms with E-state index in [-0.39, 0.29) is 17.9 Å². The van der Waals surface area contributed by atoms with Crippen molar-refractivity contribution in [2.24, 2.45) is 7.05 Å². The Balaban J connectivity index is 1.74. The first-order valence-corrected chi connectivity index (χ1v) is 8.62. The monoisotopic (exact) mass is 361 g/mol. The van der Waals surface area contributed by atoms with Crippen LogP contribution in [0, 0.1) is 0 Å². The number of aromatic nitrogens is 3. The normalized spacial score (nSPS) is 12.4. The molecule has 2 N–H and O–H groups in total. The van der Waals surface area contributed by atoms with Gasteiger partial charge in [0.2, 0.25) is 0 Å². The number of aryl methyl sites for hydroxylation is 1. The van der Waals surface area contributed by atoms with Gasteiger partial charge in [-0.1, -0.05) is 30.3 Å². The SMILES string of the molecule is Cn1c(=O)c(-c2nccn2CC(O)c2ccc(O)cc2)cc2ccccc21. The number of phenolic OH excluding ortho intramolecular Hbond substituents is 1. The summed E-state index contributed by atoms with van der Waals surface area (Å²) < 4.78 is 3.38. The van der Waals surface area contributed by atoms with Crippen molar-refractivity contribution < 1.29 is 10.2 Å². The Morgan fingerprint density at radius 1 is 1.11 bits per heavy atom. The summed E-state index contributed by atoms with van der Waals surface area (Å²) in [6.45, 7) is 0.246. The van der Waals surface area contributed by atoms with E-state index >= 15 is 0 Å². The highest BCUT2D eigenvalue weighted by Crippen LogP contribution is 2.23. The van der Waals surface area contributed by atoms with Gasteiger partial charge in [0.05, 0.1) is 23.7 Å². The average Bonchev–Trinajstić information content (AvgIpc) is 3.13. The van der Waals surface area contributed by atoms with Crippen LogP contribution in [-0.2, 0) is 13.6 Å². The lowest BCUT2D eigenvalue weighted by atomic mass is 10.1. The number of fused-ring (bicyclic) bond motifs is 1. The zero-order valence-electron chi connectivity index (χ0n) is 14.8. The molecular weight excluding hydrogens is 342 g/mol. The molecule has 4 aromatic rings. The van der Waals surface area contributed by atoms with Gasteiger partial charge in [0.1, 0.15) is 11.6 Å². The lowest BCUT2D eigenvalue weighted by Crippen LogP contribution is -2.21. The summed E-state index contributed by atoms with van der Waals surface area (Å²) in [4.78, 5) is 17.2. The van der Waals surface area contributed by atoms with Gasteiger partial charge in [-0.05, 0) is 35.2 Å². The molecule has 0 fully saturated rings. The fourth-order valence-electron chi connectivity index (χ4n) is 3.27. The highest BCUT2D eigenvalue weighted by atomic mass is 16.3. The molecule has 2 aromatic carbocycles. The number of imidazole rings is 1. The molecular formula is C21H19N3O3. The largest absolute Gasteiger partial charge is 0.508 e. The minimum absolute atomic E-state index is 0.139. The zero-order chi connectivity index (χ0) is 19.0. The first kappa shape index (κ1) is 17.1. The predicted molar refractivity (Wildman–Crippen MR) is 103 cm³/mol. The summed E-state index contributed by atoms with van der Waals surface area (Å²) in [6, 6.07) is 15.9. The molecule has 0 aliphatic rings. The van der Waals surface area contributed by atoms with Crippen molar-refractivity contribution in [1.82, 2.24) is 14.1 Å². The molecule has 6 heteroatoms. The Labute approximate surface area is 155 Å². The van der Waals surface area contributed by atoms with Gasteiger partial charge in [-0.15, -0.1) is 0 Å². The molecule has 27 heavy (non-hydrogen) atoms. The molecule has 0 aliphatic heterocycles. The number of nitrogens with zero attached hydrogens (tertiary/aromatic N) is 3. The van der Waals surface area contributed by atoms with Crippen molar-refractivity contribution in [1.29, 1.82) is 0 Å². The van der Waals surface area contributed by atoms with Gasteiger partial charge in [-0.3, -0.25) is 4.79 Å². The molecule has 6 nitrogen and oxygen atoms in total. The Hall–Kier alpha value is -3.38. The molecule has 136 valence electrons. The van der Waals surface area contributed by atoms with Crippen LogP contribution >= 0.6 is 0 Å². The minimum Gasteiger partial charge on any atom is -0.508 e. The number of aliphatic hydroxyl groups is 1. The minimum atomic E-state index is -0.789. The molecule has 1 atom stereocenters. The van der Waals surface area contributed by atoms with Crippen LogP contribution < -0.4 is 5.56 Å². The van der Waals surface area contributed by atoms with Crippen molar-refractivity contribution in [2.75, 3.05) is 0 Å². The van der Waals surface area contributed by atoms with E-state index < -0.39 is 6.10 Å². The number of hydrogen-bond acceptors (Lipinski definition) is 4. The van der Waals surface area contributed by atoms with Crippen LogP contribution in [0.2, 0.25) is 0 Å². The lowest BCUT2D eigenvalue weighted by Gasteiger charge is -2.15. The molecule has 1 unspecified atom stereocenters. The van der Waals surface area contributed by atoms with Crippen molar-refractivity contribution in [3.8, 4) is 17.1 Å². The third kappa shape index (κ3) is 3.11. The topological polar surface area (TPSA) is 80.3 Å². The molecule has 0 saturated heterocycles. The number of para-hydroxylation sites is 1. The van der Waals surface area contributed by atoms with Gasteiger partial charge < -0.3 is 19.3 Å². The van der Waals surface area contributed by atoms with Crippen LogP contribution in [0.1, 0.15) is 11.7 Å². The van der Waals surface area contributed by atoms with Gasteiger partial charge in [0, 0.05) is 19.4 Å². The van der Waals surface area contributed by atoms with E-state index in [2.05, 4.69) is 4.98 Å². The van der Waals surface area contributed by atoms with E-state index in [0.717, 1.165) is 10.9 Å². The first-order valence-electron chi connectivity index (χ1n) is 8.62. The van der Waals surface area contributed by atoms with Gasteiger partial charge in [0.15, 0.2) is 0 Å². The summed E-state index contributed by atoms with van der Waals surface area (Å²) in [5, 5.41) is 20.9. The Kier molecular flexibility index (Phi) is 4.25. The van der Waals surface area contributed by atoms with Crippen LogP contribution in [0.4, 0.5) is 0 Å². The Morgan fingerprint density at radius 3 is 2.63 bits per heavy atom. The molecule has 0 spiro atoms. The molecule has 0 saturated carbocycles. The molecule has 2 heterocycles. The van der Waals surface area contributed by atoms with Crippen LogP contribution in [0.15, 0.2) is 71.8 Å². The summed E-state index contributed by atoms with van der Waals surface area (Å²) in [7, 11) is 1.74. The van der Waals surface area contributed by atoms with Crippen LogP contribution in [-0.4, -0.2) is 24.3 Å². The maximum Gasteiger partial charge on any atom is 0.261 e. The number of pyridine rings is 1. The second-order valence-corrected chi connectivity index (χ2v) is 6.49. The molecule has 0 amide bonds. The van der Waals surface area contributed by atoms with E-state index in [4.69, 9.17) is 0 Å². The third-order valence-corrected chi connectivity index (χ3v) is 4.74. The van der Waals surface area contributed by atoms with Crippen molar-refractivity contribution in [3.63, 3.8) is 0 Å². The van der Waals surface area contributed by atoms with Crippen molar-refractivity contribution in [3.05, 3.63) is 82.9 Å². The Morgan fingerprint density at radius 2 is 1.85 bits per heavy atom. The number of hydrogen-bond donors (Lipinski definition) is 2. The number of rotatable bonds is 4. The van der Waals surface area contributed by atoms with E-state index in [9.17, 15) is 15.0 Å². The number of benzene rings is 2. The van der Waals surface area contributed by atoms with E-state index in [0.29, 0.717) is 17.0 Å². The second-order valence-electron chi connectivity index (χ2n) is 6.49. The molecule has 2 aromatic heterocycles. The average molecular weight is 361 g/mol. The summed E-state index contributed by atoms with van der Waals surface area (Å²) >= 11 is 0. The maximum atomic E-state index is 12.8. The van der Waals surface area contributed by atoms with Crippen molar-refractivity contribution >= 4 is 10.9 Å². The van der Waals surface area contributed by atoms with Gasteiger partial charge >= 0.3 is 0 Å². The number of phenols is 1. The smallest absolute Gasteiger partial charge is 0.261 e. The molecule has 0 bridgehead atoms. The lowest BCUT2D eigenvalue weighted by molar-refractivity contribution is 0.157. The van der Waals surface area contributed by atoms with Gasteiger partial charge in [0.25, 0.3) is 5.56 Å². The van der Waals surface area contributed by atoms with Crippen LogP contribution in [0.5, 0.6) is 5.75 Å². The van der Waals surface area contributed by atoms with Gasteiger partial charge in [-0.2, -0.15) is 0 Å². The predicted octanol–water partition coefficient (Wildman–Crippen LogP) is 2.84. The zero-order valence-corrected chi connectivity index (χ0v) is 14.8. The summed E-state index contributed by atoms with van der Waals surface area (Å²) in [5.41, 5.74) is 1.88. The fraction of sp³-hybridized carbons (Fsp3) is 0.143. The third-order valence-electron chi connectivity index (χ3n) is 4.74. The summed E-state index contributed by atoms with van der Waals surface area (Å²) in [5.74, 6) is 0.660. The molecule has 0 aliphatic carbocycles. The number of aromatic hydroxyl groups is 1. The maximum absolute atomic E-state index is 12.8. The quantitative estimate of drug-likeness (QED) is 0.586. The summed E-state index contributed by atoms with van der Waals surface area (Å²) in [6.07, 6.45) is 2.57. The van der Waals surface area contributed by atoms with Crippen LogP contribution in [0.25, 0.3) is 22.3 Å². The van der Waals surface area contributed by atoms with E-state index in [1.165, 1.54) is 12.1 Å². The number of aliphatic hydroxyl groups excluding tert-OH is 1. The van der Waals surface area contributed by atoms with Crippen molar-refractivity contribution in [2.45, 2.75) is 12.6 Å². The standard InChI is InChI=1S/C21H19N3O3/c1-23-18-5-3-2-4-15(18)12-17(21(23)27)20-22-10-11-24(20)13-19(26)14-6-8-16(25)9-7-14/h2-12,19,25-26H,13H2,1H3. The highest BCUT2D eigenvalue weighted by Gasteiger charge is 2.16. The fourth-order valence-corrected chi connectivity index (χ4v) is 3.27. The van der Waals surface area contributed by atoms with Gasteiger partial charge in [-0.25, -0.2) is 4.98 Å². The highest BCUT2D eigenvalue weighted by molar-refractivity contribution is 5.83. The second kappa shape index (κ2) is 6.74. The molecule has 0 radical (unpaired) electrons. The molecule has 4 rings (SSSR count).